The van der Waals surface area contributed by atoms with E-state index in [9.17, 15) is 4.39 Å². The van der Waals surface area contributed by atoms with Crippen molar-refractivity contribution >= 4 is 5.96 Å². The summed E-state index contributed by atoms with van der Waals surface area (Å²) in [6, 6.07) is 9.51. The summed E-state index contributed by atoms with van der Waals surface area (Å²) in [6.45, 7) is 7.59. The monoisotopic (exact) mass is 374 g/mol. The average molecular weight is 374 g/mol. The van der Waals surface area contributed by atoms with Crippen LogP contribution in [-0.2, 0) is 11.3 Å². The van der Waals surface area contributed by atoms with Crippen molar-refractivity contribution in [3.63, 3.8) is 0 Å². The van der Waals surface area contributed by atoms with Gasteiger partial charge < -0.3 is 20.1 Å². The summed E-state index contributed by atoms with van der Waals surface area (Å²) in [5.41, 5.74) is 0.966. The number of hydrogen-bond donors (Lipinski definition) is 2. The predicted octanol–water partition coefficient (Wildman–Crippen LogP) is 3.49. The lowest BCUT2D eigenvalue weighted by molar-refractivity contribution is 0.145. The van der Waals surface area contributed by atoms with Gasteiger partial charge in [0, 0.05) is 38.6 Å². The van der Waals surface area contributed by atoms with Crippen LogP contribution >= 0.6 is 0 Å². The molecule has 0 radical (unpaired) electrons. The van der Waals surface area contributed by atoms with E-state index in [1.165, 1.54) is 12.1 Å². The Kier molecular flexibility index (Phi) is 9.06. The zero-order valence-electron chi connectivity index (χ0n) is 15.9. The first kappa shape index (κ1) is 20.6. The van der Waals surface area contributed by atoms with Crippen LogP contribution in [0.1, 0.15) is 25.8 Å². The molecule has 6 nitrogen and oxygen atoms in total. The average Bonchev–Trinajstić information content (AvgIpc) is 2.69. The third-order valence-electron chi connectivity index (χ3n) is 3.56. The predicted molar refractivity (Wildman–Crippen MR) is 105 cm³/mol. The molecule has 0 aliphatic carbocycles. The molecule has 1 aromatic carbocycles. The zero-order valence-corrected chi connectivity index (χ0v) is 15.9. The molecule has 0 unspecified atom stereocenters. The number of halogens is 1. The lowest BCUT2D eigenvalue weighted by Crippen LogP contribution is -2.38. The Morgan fingerprint density at radius 1 is 1.11 bits per heavy atom. The summed E-state index contributed by atoms with van der Waals surface area (Å²) in [7, 11) is 0. The molecule has 0 spiro atoms. The Hall–Kier alpha value is -2.67. The van der Waals surface area contributed by atoms with Crippen molar-refractivity contribution in [3.05, 3.63) is 54.0 Å². The van der Waals surface area contributed by atoms with E-state index >= 15 is 0 Å². The highest BCUT2D eigenvalue weighted by Crippen LogP contribution is 2.19. The lowest BCUT2D eigenvalue weighted by atomic mass is 10.3. The van der Waals surface area contributed by atoms with E-state index in [2.05, 4.69) is 20.6 Å². The maximum absolute atomic E-state index is 12.9. The Labute approximate surface area is 159 Å². The molecular formula is C20H27FN4O2. The first-order valence-corrected chi connectivity index (χ1v) is 9.19. The molecule has 0 amide bonds. The minimum Gasteiger partial charge on any atom is -0.439 e. The fourth-order valence-electron chi connectivity index (χ4n) is 2.23. The SMILES string of the molecule is CCNC(=NCc1ccc(Oc2ccc(F)cc2)nc1)NCCCOCC. The fraction of sp³-hybridized carbons (Fsp3) is 0.400. The number of pyridine rings is 1. The lowest BCUT2D eigenvalue weighted by Gasteiger charge is -2.11. The third kappa shape index (κ3) is 8.04. The summed E-state index contributed by atoms with van der Waals surface area (Å²) in [6.07, 6.45) is 2.65. The number of benzene rings is 1. The molecule has 0 aliphatic rings. The Morgan fingerprint density at radius 2 is 1.93 bits per heavy atom. The second-order valence-corrected chi connectivity index (χ2v) is 5.73. The van der Waals surface area contributed by atoms with E-state index in [4.69, 9.17) is 9.47 Å². The van der Waals surface area contributed by atoms with Crippen LogP contribution < -0.4 is 15.4 Å². The molecule has 0 fully saturated rings. The Bertz CT molecular complexity index is 690. The summed E-state index contributed by atoms with van der Waals surface area (Å²) in [5, 5.41) is 6.50. The second kappa shape index (κ2) is 11.9. The van der Waals surface area contributed by atoms with Crippen LogP contribution in [0, 0.1) is 5.82 Å². The molecule has 2 N–H and O–H groups in total. The minimum absolute atomic E-state index is 0.300. The van der Waals surface area contributed by atoms with E-state index in [1.54, 1.807) is 24.4 Å². The number of hydrogen-bond acceptors (Lipinski definition) is 4. The van der Waals surface area contributed by atoms with Crippen molar-refractivity contribution in [3.8, 4) is 11.6 Å². The van der Waals surface area contributed by atoms with Crippen molar-refractivity contribution < 1.29 is 13.9 Å². The van der Waals surface area contributed by atoms with Gasteiger partial charge in [-0.25, -0.2) is 14.4 Å². The topological polar surface area (TPSA) is 67.8 Å². The molecule has 2 rings (SSSR count). The number of ether oxygens (including phenoxy) is 2. The smallest absolute Gasteiger partial charge is 0.219 e. The van der Waals surface area contributed by atoms with Gasteiger partial charge in [0.1, 0.15) is 11.6 Å². The van der Waals surface area contributed by atoms with E-state index in [1.807, 2.05) is 19.9 Å². The van der Waals surface area contributed by atoms with Gasteiger partial charge in [-0.15, -0.1) is 0 Å². The normalized spacial score (nSPS) is 11.3. The molecule has 0 bridgehead atoms. The van der Waals surface area contributed by atoms with Crippen molar-refractivity contribution in [1.29, 1.82) is 0 Å². The first-order valence-electron chi connectivity index (χ1n) is 9.19. The van der Waals surface area contributed by atoms with Crippen LogP contribution in [0.5, 0.6) is 11.6 Å². The standard InChI is InChI=1S/C20H27FN4O2/c1-3-22-20(23-12-5-13-26-4-2)25-15-16-6-11-19(24-14-16)27-18-9-7-17(21)8-10-18/h6-11,14H,3-5,12-13,15H2,1-2H3,(H2,22,23,25). The quantitative estimate of drug-likeness (QED) is 0.379. The van der Waals surface area contributed by atoms with Gasteiger partial charge in [-0.1, -0.05) is 6.07 Å². The molecular weight excluding hydrogens is 347 g/mol. The van der Waals surface area contributed by atoms with Crippen LogP contribution in [0.15, 0.2) is 47.6 Å². The third-order valence-corrected chi connectivity index (χ3v) is 3.56. The molecule has 0 atom stereocenters. The number of nitrogens with zero attached hydrogens (tertiary/aromatic N) is 2. The number of aromatic nitrogens is 1. The van der Waals surface area contributed by atoms with Crippen molar-refractivity contribution in [1.82, 2.24) is 15.6 Å². The van der Waals surface area contributed by atoms with E-state index in [0.29, 0.717) is 18.2 Å². The largest absolute Gasteiger partial charge is 0.439 e. The van der Waals surface area contributed by atoms with Crippen LogP contribution in [0.3, 0.4) is 0 Å². The van der Waals surface area contributed by atoms with Crippen molar-refractivity contribution in [2.45, 2.75) is 26.8 Å². The maximum Gasteiger partial charge on any atom is 0.219 e. The van der Waals surface area contributed by atoms with Gasteiger partial charge in [-0.2, -0.15) is 0 Å². The van der Waals surface area contributed by atoms with Gasteiger partial charge in [-0.05, 0) is 50.1 Å². The molecule has 0 aliphatic heterocycles. The number of nitrogens with one attached hydrogen (secondary N) is 2. The number of rotatable bonds is 10. The van der Waals surface area contributed by atoms with Gasteiger partial charge >= 0.3 is 0 Å². The summed E-state index contributed by atoms with van der Waals surface area (Å²) < 4.78 is 23.8. The first-order chi connectivity index (χ1) is 13.2. The van der Waals surface area contributed by atoms with Gasteiger partial charge in [0.15, 0.2) is 5.96 Å². The van der Waals surface area contributed by atoms with Crippen LogP contribution in [-0.4, -0.2) is 37.2 Å². The maximum atomic E-state index is 12.9. The van der Waals surface area contributed by atoms with E-state index in [0.717, 1.165) is 44.2 Å². The Morgan fingerprint density at radius 3 is 2.59 bits per heavy atom. The van der Waals surface area contributed by atoms with Gasteiger partial charge in [-0.3, -0.25) is 0 Å². The Balaban J connectivity index is 1.85. The summed E-state index contributed by atoms with van der Waals surface area (Å²) >= 11 is 0. The van der Waals surface area contributed by atoms with Crippen LogP contribution in [0.2, 0.25) is 0 Å². The molecule has 2 aromatic rings. The van der Waals surface area contributed by atoms with Gasteiger partial charge in [0.25, 0.3) is 0 Å². The second-order valence-electron chi connectivity index (χ2n) is 5.73. The number of aliphatic imine (C=N–C) groups is 1. The highest BCUT2D eigenvalue weighted by Gasteiger charge is 2.01. The van der Waals surface area contributed by atoms with Gasteiger partial charge in [0.2, 0.25) is 5.88 Å². The molecule has 146 valence electrons. The van der Waals surface area contributed by atoms with Gasteiger partial charge in [0.05, 0.1) is 6.54 Å². The highest BCUT2D eigenvalue weighted by molar-refractivity contribution is 5.79. The van der Waals surface area contributed by atoms with E-state index in [-0.39, 0.29) is 5.82 Å². The number of guanidine groups is 1. The highest BCUT2D eigenvalue weighted by atomic mass is 19.1. The summed E-state index contributed by atoms with van der Waals surface area (Å²) in [5.74, 6) is 1.46. The van der Waals surface area contributed by atoms with Crippen LogP contribution in [0.4, 0.5) is 4.39 Å². The van der Waals surface area contributed by atoms with Crippen molar-refractivity contribution in [2.75, 3.05) is 26.3 Å². The zero-order chi connectivity index (χ0) is 19.3. The van der Waals surface area contributed by atoms with Crippen molar-refractivity contribution in [2.24, 2.45) is 4.99 Å². The molecule has 0 saturated carbocycles. The fourth-order valence-corrected chi connectivity index (χ4v) is 2.23. The molecule has 7 heteroatoms. The van der Waals surface area contributed by atoms with E-state index < -0.39 is 0 Å². The molecule has 0 saturated heterocycles. The minimum atomic E-state index is -0.300. The molecule has 27 heavy (non-hydrogen) atoms. The molecule has 1 aromatic heterocycles. The van der Waals surface area contributed by atoms with Crippen LogP contribution in [0.25, 0.3) is 0 Å². The summed E-state index contributed by atoms with van der Waals surface area (Å²) in [4.78, 5) is 8.83. The molecule has 1 heterocycles.